The van der Waals surface area contributed by atoms with E-state index in [1.54, 1.807) is 6.08 Å². The molecule has 0 radical (unpaired) electrons. The van der Waals surface area contributed by atoms with Crippen LogP contribution in [-0.2, 0) is 4.79 Å². The molecule has 0 aromatic carbocycles. The van der Waals surface area contributed by atoms with Gasteiger partial charge in [-0.1, -0.05) is 13.8 Å². The van der Waals surface area contributed by atoms with Crippen molar-refractivity contribution >= 4 is 18.2 Å². The second-order valence-corrected chi connectivity index (χ2v) is 4.51. The van der Waals surface area contributed by atoms with Crippen LogP contribution in [0.3, 0.4) is 0 Å². The minimum atomic E-state index is 0. The molecule has 0 aliphatic heterocycles. The summed E-state index contributed by atoms with van der Waals surface area (Å²) in [5.41, 5.74) is 1.29. The number of hydrogen-bond acceptors (Lipinski definition) is 2. The highest BCUT2D eigenvalue weighted by atomic mass is 35.5. The summed E-state index contributed by atoms with van der Waals surface area (Å²) in [5.74, 6) is 0.259. The lowest BCUT2D eigenvalue weighted by Gasteiger charge is -2.31. The van der Waals surface area contributed by atoms with Gasteiger partial charge in [0.1, 0.15) is 0 Å². The van der Waals surface area contributed by atoms with Gasteiger partial charge in [-0.2, -0.15) is 0 Å². The van der Waals surface area contributed by atoms with Crippen LogP contribution >= 0.6 is 12.4 Å². The van der Waals surface area contributed by atoms with Gasteiger partial charge in [0, 0.05) is 32.3 Å². The van der Waals surface area contributed by atoms with Crippen LogP contribution in [0.15, 0.2) is 11.8 Å². The molecule has 0 saturated carbocycles. The number of ketones is 1. The Balaban J connectivity index is 0.00000144. The van der Waals surface area contributed by atoms with E-state index in [-0.39, 0.29) is 23.6 Å². The number of hydrogen-bond donors (Lipinski definition) is 0. The van der Waals surface area contributed by atoms with Crippen molar-refractivity contribution in [3.05, 3.63) is 11.8 Å². The van der Waals surface area contributed by atoms with Crippen molar-refractivity contribution in [1.29, 1.82) is 0 Å². The van der Waals surface area contributed by atoms with Gasteiger partial charge in [-0.25, -0.2) is 0 Å². The van der Waals surface area contributed by atoms with Crippen molar-refractivity contribution in [2.75, 3.05) is 14.1 Å². The Hall–Kier alpha value is -0.500. The summed E-state index contributed by atoms with van der Waals surface area (Å²) in [7, 11) is 3.97. The predicted octanol–water partition coefficient (Wildman–Crippen LogP) is 2.24. The lowest BCUT2D eigenvalue weighted by molar-refractivity contribution is -0.117. The first-order chi connectivity index (χ1) is 5.41. The van der Waals surface area contributed by atoms with E-state index in [0.717, 1.165) is 12.1 Å². The topological polar surface area (TPSA) is 20.3 Å². The Kier molecular flexibility index (Phi) is 3.98. The van der Waals surface area contributed by atoms with E-state index >= 15 is 0 Å². The van der Waals surface area contributed by atoms with Gasteiger partial charge in [-0.05, 0) is 11.8 Å². The molecule has 2 nitrogen and oxygen atoms in total. The fraction of sp³-hybridized carbons (Fsp3) is 0.700. The molecule has 0 aromatic rings. The summed E-state index contributed by atoms with van der Waals surface area (Å²) in [5, 5.41) is 0. The maximum Gasteiger partial charge on any atom is 0.157 e. The summed E-state index contributed by atoms with van der Waals surface area (Å²) in [4.78, 5) is 13.3. The molecule has 0 heterocycles. The molecule has 0 bridgehead atoms. The van der Waals surface area contributed by atoms with Gasteiger partial charge in [0.2, 0.25) is 0 Å². The lowest BCUT2D eigenvalue weighted by atomic mass is 9.79. The Morgan fingerprint density at radius 2 is 1.85 bits per heavy atom. The number of carbonyl (C=O) groups is 1. The molecule has 1 rings (SSSR count). The van der Waals surface area contributed by atoms with Crippen molar-refractivity contribution in [2.45, 2.75) is 26.7 Å². The van der Waals surface area contributed by atoms with Crippen LogP contribution in [0.5, 0.6) is 0 Å². The second-order valence-electron chi connectivity index (χ2n) is 4.51. The van der Waals surface area contributed by atoms with Crippen molar-refractivity contribution in [1.82, 2.24) is 4.90 Å². The van der Waals surface area contributed by atoms with Crippen molar-refractivity contribution < 1.29 is 4.79 Å². The summed E-state index contributed by atoms with van der Waals surface area (Å²) in [6.45, 7) is 4.28. The highest BCUT2D eigenvalue weighted by Gasteiger charge is 2.27. The monoisotopic (exact) mass is 203 g/mol. The third-order valence-electron chi connectivity index (χ3n) is 2.21. The fourth-order valence-electron chi connectivity index (χ4n) is 1.60. The summed E-state index contributed by atoms with van der Waals surface area (Å²) in [6.07, 6.45) is 3.46. The Labute approximate surface area is 86.4 Å². The smallest absolute Gasteiger partial charge is 0.157 e. The normalized spacial score (nSPS) is 20.3. The van der Waals surface area contributed by atoms with Crippen LogP contribution in [0.2, 0.25) is 0 Å². The molecule has 0 saturated heterocycles. The molecule has 3 heteroatoms. The van der Waals surface area contributed by atoms with Gasteiger partial charge in [0.05, 0.1) is 0 Å². The first-order valence-electron chi connectivity index (χ1n) is 4.31. The van der Waals surface area contributed by atoms with E-state index in [0.29, 0.717) is 6.42 Å². The first kappa shape index (κ1) is 12.5. The number of carbonyl (C=O) groups excluding carboxylic acids is 1. The minimum absolute atomic E-state index is 0. The third kappa shape index (κ3) is 3.39. The molecule has 13 heavy (non-hydrogen) atoms. The first-order valence-corrected chi connectivity index (χ1v) is 4.31. The van der Waals surface area contributed by atoms with Gasteiger partial charge in [-0.15, -0.1) is 12.4 Å². The van der Waals surface area contributed by atoms with Crippen LogP contribution in [0.25, 0.3) is 0 Å². The molecule has 0 N–H and O–H groups in total. The molecule has 0 fully saturated rings. The Morgan fingerprint density at radius 3 is 2.23 bits per heavy atom. The van der Waals surface area contributed by atoms with Crippen LogP contribution in [0.1, 0.15) is 26.7 Å². The average molecular weight is 204 g/mol. The molecule has 0 spiro atoms. The summed E-state index contributed by atoms with van der Waals surface area (Å²) < 4.78 is 0. The van der Waals surface area contributed by atoms with E-state index in [2.05, 4.69) is 13.8 Å². The van der Waals surface area contributed by atoms with E-state index in [4.69, 9.17) is 0 Å². The van der Waals surface area contributed by atoms with Crippen LogP contribution in [0.4, 0.5) is 0 Å². The van der Waals surface area contributed by atoms with E-state index in [1.165, 1.54) is 0 Å². The average Bonchev–Trinajstić information content (AvgIpc) is 1.82. The SMILES string of the molecule is CN(C)C1=CC(=O)CC(C)(C)C1.Cl. The van der Waals surface area contributed by atoms with Gasteiger partial charge in [0.25, 0.3) is 0 Å². The number of rotatable bonds is 1. The summed E-state index contributed by atoms with van der Waals surface area (Å²) >= 11 is 0. The molecule has 0 unspecified atom stereocenters. The Bertz CT molecular complexity index is 231. The van der Waals surface area contributed by atoms with Crippen LogP contribution in [0, 0.1) is 5.41 Å². The Morgan fingerprint density at radius 1 is 1.31 bits per heavy atom. The minimum Gasteiger partial charge on any atom is -0.381 e. The van der Waals surface area contributed by atoms with Gasteiger partial charge >= 0.3 is 0 Å². The van der Waals surface area contributed by atoms with Crippen LogP contribution < -0.4 is 0 Å². The predicted molar refractivity (Wildman–Crippen MR) is 57.0 cm³/mol. The quantitative estimate of drug-likeness (QED) is 0.652. The van der Waals surface area contributed by atoms with Crippen molar-refractivity contribution in [3.8, 4) is 0 Å². The highest BCUT2D eigenvalue weighted by molar-refractivity contribution is 5.91. The molecule has 0 atom stereocenters. The van der Waals surface area contributed by atoms with Crippen LogP contribution in [-0.4, -0.2) is 24.8 Å². The van der Waals surface area contributed by atoms with E-state index in [1.807, 2.05) is 19.0 Å². The lowest BCUT2D eigenvalue weighted by Crippen LogP contribution is -2.27. The standard InChI is InChI=1S/C10H17NO.ClH/c1-10(2)6-8(11(3)4)5-9(12)7-10;/h5H,6-7H2,1-4H3;1H. The zero-order chi connectivity index (χ0) is 9.35. The van der Waals surface area contributed by atoms with Crippen molar-refractivity contribution in [2.24, 2.45) is 5.41 Å². The summed E-state index contributed by atoms with van der Waals surface area (Å²) in [6, 6.07) is 0. The van der Waals surface area contributed by atoms with Gasteiger partial charge in [-0.3, -0.25) is 4.79 Å². The molecular formula is C10H18ClNO. The van der Waals surface area contributed by atoms with Gasteiger partial charge < -0.3 is 4.90 Å². The highest BCUT2D eigenvalue weighted by Crippen LogP contribution is 2.33. The molecule has 0 amide bonds. The molecule has 76 valence electrons. The number of halogens is 1. The fourth-order valence-corrected chi connectivity index (χ4v) is 1.60. The largest absolute Gasteiger partial charge is 0.381 e. The zero-order valence-corrected chi connectivity index (χ0v) is 9.57. The van der Waals surface area contributed by atoms with Crippen molar-refractivity contribution in [3.63, 3.8) is 0 Å². The van der Waals surface area contributed by atoms with E-state index in [9.17, 15) is 4.79 Å². The third-order valence-corrected chi connectivity index (χ3v) is 2.21. The van der Waals surface area contributed by atoms with E-state index < -0.39 is 0 Å². The molecule has 1 aliphatic rings. The molecule has 1 aliphatic carbocycles. The molecular weight excluding hydrogens is 186 g/mol. The van der Waals surface area contributed by atoms with Gasteiger partial charge in [0.15, 0.2) is 5.78 Å². The number of nitrogens with zero attached hydrogens (tertiary/aromatic N) is 1. The molecule has 0 aromatic heterocycles. The maximum absolute atomic E-state index is 11.3. The maximum atomic E-state index is 11.3. The zero-order valence-electron chi connectivity index (χ0n) is 8.76. The second kappa shape index (κ2) is 4.14. The number of allylic oxidation sites excluding steroid dienone is 2.